The smallest absolute Gasteiger partial charge is 0.408 e. The summed E-state index contributed by atoms with van der Waals surface area (Å²) >= 11 is 0. The predicted molar refractivity (Wildman–Crippen MR) is 84.9 cm³/mol. The molecule has 1 aliphatic rings. The summed E-state index contributed by atoms with van der Waals surface area (Å²) in [6.07, 6.45) is 3.71. The molecule has 0 aromatic rings. The van der Waals surface area contributed by atoms with Crippen LogP contribution >= 0.6 is 0 Å². The third-order valence-electron chi connectivity index (χ3n) is 3.49. The zero-order valence-corrected chi connectivity index (χ0v) is 13.6. The van der Waals surface area contributed by atoms with Crippen molar-refractivity contribution in [1.29, 1.82) is 0 Å². The van der Waals surface area contributed by atoms with Crippen LogP contribution in [0.1, 0.15) is 40.0 Å². The van der Waals surface area contributed by atoms with Crippen LogP contribution in [-0.4, -0.2) is 45.9 Å². The molecule has 0 saturated heterocycles. The van der Waals surface area contributed by atoms with Gasteiger partial charge in [-0.1, -0.05) is 12.2 Å². The molecule has 0 spiro atoms. The number of nitrogens with one attached hydrogen (secondary N) is 1. The topological polar surface area (TPSA) is 78.9 Å². The van der Waals surface area contributed by atoms with Crippen molar-refractivity contribution in [2.75, 3.05) is 6.54 Å². The van der Waals surface area contributed by atoms with Crippen molar-refractivity contribution < 1.29 is 19.4 Å². The van der Waals surface area contributed by atoms with Crippen molar-refractivity contribution in [3.05, 3.63) is 25.3 Å². The van der Waals surface area contributed by atoms with Gasteiger partial charge in [-0.05, 0) is 40.0 Å². The Morgan fingerprint density at radius 3 is 2.36 bits per heavy atom. The first-order valence-corrected chi connectivity index (χ1v) is 7.38. The van der Waals surface area contributed by atoms with E-state index in [-0.39, 0.29) is 12.6 Å². The SMILES string of the molecule is C=CC[C@@H](CN(C(=O)O)C1(C=C)CC1)NC(=O)OC(C)(C)C. The van der Waals surface area contributed by atoms with Crippen LogP contribution < -0.4 is 5.32 Å². The molecule has 124 valence electrons. The minimum atomic E-state index is -1.02. The Labute approximate surface area is 131 Å². The van der Waals surface area contributed by atoms with E-state index >= 15 is 0 Å². The first-order chi connectivity index (χ1) is 10.1. The second kappa shape index (κ2) is 6.85. The lowest BCUT2D eigenvalue weighted by Crippen LogP contribution is -2.50. The van der Waals surface area contributed by atoms with E-state index in [9.17, 15) is 14.7 Å². The summed E-state index contributed by atoms with van der Waals surface area (Å²) in [5.41, 5.74) is -1.10. The number of ether oxygens (including phenoxy) is 1. The Morgan fingerprint density at radius 2 is 2.00 bits per heavy atom. The molecular formula is C16H26N2O4. The number of rotatable bonds is 7. The van der Waals surface area contributed by atoms with Crippen LogP contribution in [0.25, 0.3) is 0 Å². The van der Waals surface area contributed by atoms with Crippen LogP contribution in [0.3, 0.4) is 0 Å². The molecule has 0 heterocycles. The maximum Gasteiger partial charge on any atom is 0.408 e. The van der Waals surface area contributed by atoms with Crippen LogP contribution in [0.2, 0.25) is 0 Å². The lowest BCUT2D eigenvalue weighted by Gasteiger charge is -2.31. The van der Waals surface area contributed by atoms with Crippen LogP contribution in [0.5, 0.6) is 0 Å². The highest BCUT2D eigenvalue weighted by Gasteiger charge is 2.48. The first-order valence-electron chi connectivity index (χ1n) is 7.38. The first kappa shape index (κ1) is 18.1. The number of hydrogen-bond donors (Lipinski definition) is 2. The molecule has 0 aromatic carbocycles. The number of nitrogens with zero attached hydrogens (tertiary/aromatic N) is 1. The lowest BCUT2D eigenvalue weighted by atomic mass is 10.1. The zero-order valence-electron chi connectivity index (χ0n) is 13.6. The maximum absolute atomic E-state index is 11.9. The van der Waals surface area contributed by atoms with Gasteiger partial charge in [0.15, 0.2) is 0 Å². The Kier molecular flexibility index (Phi) is 5.63. The minimum absolute atomic E-state index is 0.173. The number of hydrogen-bond acceptors (Lipinski definition) is 3. The van der Waals surface area contributed by atoms with Crippen molar-refractivity contribution in [3.8, 4) is 0 Å². The standard InChI is InChI=1S/C16H26N2O4/c1-6-8-12(17-13(19)22-15(3,4)5)11-18(14(20)21)16(7-2)9-10-16/h6-7,12H,1-2,8-11H2,3-5H3,(H,17,19)(H,20,21)/t12-/m0/s1. The molecule has 2 N–H and O–H groups in total. The molecule has 6 heteroatoms. The molecule has 0 aliphatic heterocycles. The fourth-order valence-electron chi connectivity index (χ4n) is 2.24. The summed E-state index contributed by atoms with van der Waals surface area (Å²) in [7, 11) is 0. The molecule has 0 unspecified atom stereocenters. The molecule has 0 radical (unpaired) electrons. The molecule has 6 nitrogen and oxygen atoms in total. The van der Waals surface area contributed by atoms with Gasteiger partial charge in [-0.2, -0.15) is 0 Å². The van der Waals surface area contributed by atoms with E-state index in [1.54, 1.807) is 32.9 Å². The average Bonchev–Trinajstić information content (AvgIpc) is 3.14. The Balaban J connectivity index is 2.73. The highest BCUT2D eigenvalue weighted by atomic mass is 16.6. The maximum atomic E-state index is 11.9. The Bertz CT molecular complexity index is 450. The van der Waals surface area contributed by atoms with Gasteiger partial charge in [0, 0.05) is 6.54 Å². The van der Waals surface area contributed by atoms with E-state index in [0.29, 0.717) is 6.42 Å². The van der Waals surface area contributed by atoms with Gasteiger partial charge in [-0.15, -0.1) is 13.2 Å². The third kappa shape index (κ3) is 5.09. The fraction of sp³-hybridized carbons (Fsp3) is 0.625. The van der Waals surface area contributed by atoms with Gasteiger partial charge >= 0.3 is 12.2 Å². The predicted octanol–water partition coefficient (Wildman–Crippen LogP) is 3.15. The van der Waals surface area contributed by atoms with Gasteiger partial charge in [0.25, 0.3) is 0 Å². The number of carbonyl (C=O) groups excluding carboxylic acids is 1. The van der Waals surface area contributed by atoms with E-state index in [4.69, 9.17) is 4.74 Å². The second-order valence-electron chi connectivity index (χ2n) is 6.57. The molecule has 1 rings (SSSR count). The van der Waals surface area contributed by atoms with E-state index < -0.39 is 23.3 Å². The Hall–Kier alpha value is -1.98. The normalized spacial score (nSPS) is 17.0. The molecule has 1 fully saturated rings. The number of alkyl carbamates (subject to hydrolysis) is 1. The van der Waals surface area contributed by atoms with Crippen molar-refractivity contribution >= 4 is 12.2 Å². The highest BCUT2D eigenvalue weighted by molar-refractivity contribution is 5.69. The molecule has 1 saturated carbocycles. The third-order valence-corrected chi connectivity index (χ3v) is 3.49. The van der Waals surface area contributed by atoms with Gasteiger partial charge in [0.05, 0.1) is 11.6 Å². The van der Waals surface area contributed by atoms with Gasteiger partial charge in [-0.3, -0.25) is 4.90 Å². The quantitative estimate of drug-likeness (QED) is 0.708. The van der Waals surface area contributed by atoms with E-state index in [0.717, 1.165) is 12.8 Å². The van der Waals surface area contributed by atoms with Crippen molar-refractivity contribution in [3.63, 3.8) is 0 Å². The van der Waals surface area contributed by atoms with Gasteiger partial charge in [0.2, 0.25) is 0 Å². The van der Waals surface area contributed by atoms with Crippen molar-refractivity contribution in [2.24, 2.45) is 0 Å². The van der Waals surface area contributed by atoms with Gasteiger partial charge in [-0.25, -0.2) is 9.59 Å². The largest absolute Gasteiger partial charge is 0.465 e. The summed E-state index contributed by atoms with van der Waals surface area (Å²) in [6.45, 7) is 12.9. The number of carboxylic acid groups (broad SMARTS) is 1. The molecule has 0 bridgehead atoms. The zero-order chi connectivity index (χ0) is 17.0. The van der Waals surface area contributed by atoms with Crippen LogP contribution in [0.4, 0.5) is 9.59 Å². The average molecular weight is 310 g/mol. The summed E-state index contributed by atoms with van der Waals surface area (Å²) in [5.74, 6) is 0. The summed E-state index contributed by atoms with van der Waals surface area (Å²) in [4.78, 5) is 24.7. The highest BCUT2D eigenvalue weighted by Crippen LogP contribution is 2.42. The summed E-state index contributed by atoms with van der Waals surface area (Å²) < 4.78 is 5.21. The minimum Gasteiger partial charge on any atom is -0.465 e. The van der Waals surface area contributed by atoms with E-state index in [1.165, 1.54) is 4.90 Å². The fourth-order valence-corrected chi connectivity index (χ4v) is 2.24. The van der Waals surface area contributed by atoms with Gasteiger partial charge < -0.3 is 15.2 Å². The molecular weight excluding hydrogens is 284 g/mol. The summed E-state index contributed by atoms with van der Waals surface area (Å²) in [5, 5.41) is 12.1. The molecule has 22 heavy (non-hydrogen) atoms. The number of amides is 2. The van der Waals surface area contributed by atoms with Crippen molar-refractivity contribution in [1.82, 2.24) is 10.2 Å². The molecule has 0 aromatic heterocycles. The summed E-state index contributed by atoms with van der Waals surface area (Å²) in [6, 6.07) is -0.388. The van der Waals surface area contributed by atoms with Crippen molar-refractivity contribution in [2.45, 2.75) is 57.2 Å². The monoisotopic (exact) mass is 310 g/mol. The number of carbonyl (C=O) groups is 2. The molecule has 1 atom stereocenters. The van der Waals surface area contributed by atoms with E-state index in [2.05, 4.69) is 18.5 Å². The van der Waals surface area contributed by atoms with E-state index in [1.807, 2.05) is 0 Å². The Morgan fingerprint density at radius 1 is 1.41 bits per heavy atom. The van der Waals surface area contributed by atoms with Crippen LogP contribution in [-0.2, 0) is 4.74 Å². The second-order valence-corrected chi connectivity index (χ2v) is 6.57. The molecule has 1 aliphatic carbocycles. The van der Waals surface area contributed by atoms with Crippen LogP contribution in [0.15, 0.2) is 25.3 Å². The molecule has 2 amide bonds. The van der Waals surface area contributed by atoms with Gasteiger partial charge in [0.1, 0.15) is 5.60 Å². The lowest BCUT2D eigenvalue weighted by molar-refractivity contribution is 0.0482. The van der Waals surface area contributed by atoms with Crippen LogP contribution in [0, 0.1) is 0 Å².